The number of anilines is 1. The molecule has 0 atom stereocenters. The third-order valence-electron chi connectivity index (χ3n) is 2.66. The van der Waals surface area contributed by atoms with E-state index in [1.54, 1.807) is 14.2 Å². The molecule has 1 aromatic rings. The van der Waals surface area contributed by atoms with Crippen molar-refractivity contribution in [3.8, 4) is 5.75 Å². The predicted molar refractivity (Wildman–Crippen MR) is 68.2 cm³/mol. The third-order valence-corrected chi connectivity index (χ3v) is 2.66. The van der Waals surface area contributed by atoms with Crippen molar-refractivity contribution in [2.75, 3.05) is 19.1 Å². The Balaban J connectivity index is 3.12. The summed E-state index contributed by atoms with van der Waals surface area (Å²) in [6, 6.07) is 5.37. The maximum absolute atomic E-state index is 11.4. The molecule has 1 aromatic carbocycles. The smallest absolute Gasteiger partial charge is 0.335 e. The minimum absolute atomic E-state index is 0.388. The van der Waals surface area contributed by atoms with Crippen LogP contribution in [0.1, 0.15) is 25.3 Å². The van der Waals surface area contributed by atoms with Crippen LogP contribution in [-0.2, 0) is 0 Å². The Morgan fingerprint density at radius 1 is 1.47 bits per heavy atom. The molecule has 0 aliphatic carbocycles. The lowest BCUT2D eigenvalue weighted by Gasteiger charge is -2.20. The van der Waals surface area contributed by atoms with Crippen LogP contribution in [0.25, 0.3) is 0 Å². The Labute approximate surface area is 102 Å². The minimum atomic E-state index is -0.388. The van der Waals surface area contributed by atoms with Gasteiger partial charge in [0.2, 0.25) is 0 Å². The number of benzene rings is 1. The van der Waals surface area contributed by atoms with Crippen molar-refractivity contribution in [2.45, 2.75) is 19.8 Å². The van der Waals surface area contributed by atoms with E-state index in [1.807, 2.05) is 18.2 Å². The lowest BCUT2D eigenvalue weighted by Crippen LogP contribution is -2.41. The van der Waals surface area contributed by atoms with Crippen molar-refractivity contribution in [3.63, 3.8) is 0 Å². The van der Waals surface area contributed by atoms with Crippen molar-refractivity contribution in [3.05, 3.63) is 23.8 Å². The second-order valence-corrected chi connectivity index (χ2v) is 4.09. The molecule has 1 rings (SSSR count). The maximum atomic E-state index is 11.4. The quantitative estimate of drug-likeness (QED) is 0.479. The molecule has 3 N–H and O–H groups in total. The van der Waals surface area contributed by atoms with E-state index in [1.165, 1.54) is 4.90 Å². The molecule has 5 nitrogen and oxygen atoms in total. The van der Waals surface area contributed by atoms with E-state index >= 15 is 0 Å². The van der Waals surface area contributed by atoms with Crippen molar-refractivity contribution < 1.29 is 9.53 Å². The molecular formula is C12H19N3O2. The fourth-order valence-electron chi connectivity index (χ4n) is 1.54. The van der Waals surface area contributed by atoms with Gasteiger partial charge in [0.05, 0.1) is 12.8 Å². The van der Waals surface area contributed by atoms with Crippen LogP contribution in [0.5, 0.6) is 5.75 Å². The van der Waals surface area contributed by atoms with Crippen LogP contribution in [0.15, 0.2) is 18.2 Å². The molecule has 0 aromatic heterocycles. The van der Waals surface area contributed by atoms with Crippen LogP contribution in [0.2, 0.25) is 0 Å². The molecule has 0 unspecified atom stereocenters. The largest absolute Gasteiger partial charge is 0.495 e. The number of nitrogens with one attached hydrogen (secondary N) is 1. The molecule has 0 aliphatic heterocycles. The number of amides is 2. The van der Waals surface area contributed by atoms with Crippen LogP contribution in [-0.4, -0.2) is 20.2 Å². The number of hydrogen-bond acceptors (Lipinski definition) is 3. The van der Waals surface area contributed by atoms with E-state index in [9.17, 15) is 4.79 Å². The Hall–Kier alpha value is -1.75. The Morgan fingerprint density at radius 3 is 2.59 bits per heavy atom. The zero-order valence-corrected chi connectivity index (χ0v) is 10.7. The van der Waals surface area contributed by atoms with Gasteiger partial charge in [-0.3, -0.25) is 10.3 Å². The molecule has 94 valence electrons. The molecule has 0 bridgehead atoms. The third kappa shape index (κ3) is 2.88. The molecule has 0 fully saturated rings. The minimum Gasteiger partial charge on any atom is -0.495 e. The molecular weight excluding hydrogens is 218 g/mol. The van der Waals surface area contributed by atoms with E-state index in [0.717, 1.165) is 5.56 Å². The van der Waals surface area contributed by atoms with Gasteiger partial charge < -0.3 is 4.74 Å². The normalized spacial score (nSPS) is 10.2. The van der Waals surface area contributed by atoms with Gasteiger partial charge in [-0.15, -0.1) is 0 Å². The van der Waals surface area contributed by atoms with Gasteiger partial charge in [0.15, 0.2) is 0 Å². The van der Waals surface area contributed by atoms with E-state index in [2.05, 4.69) is 19.3 Å². The zero-order chi connectivity index (χ0) is 13.0. The van der Waals surface area contributed by atoms with Crippen LogP contribution in [0, 0.1) is 0 Å². The second kappa shape index (κ2) is 5.54. The maximum Gasteiger partial charge on any atom is 0.335 e. The molecule has 17 heavy (non-hydrogen) atoms. The number of carbonyl (C=O) groups excluding carboxylic acids is 1. The van der Waals surface area contributed by atoms with E-state index in [-0.39, 0.29) is 6.03 Å². The van der Waals surface area contributed by atoms with Gasteiger partial charge in [-0.05, 0) is 23.6 Å². The number of carbonyl (C=O) groups is 1. The molecule has 0 spiro atoms. The van der Waals surface area contributed by atoms with Crippen LogP contribution in [0.4, 0.5) is 10.5 Å². The highest BCUT2D eigenvalue weighted by molar-refractivity contribution is 5.92. The van der Waals surface area contributed by atoms with E-state index in [0.29, 0.717) is 17.4 Å². The molecule has 5 heteroatoms. The summed E-state index contributed by atoms with van der Waals surface area (Å²) in [5.41, 5.74) is 3.92. The lowest BCUT2D eigenvalue weighted by molar-refractivity contribution is 0.247. The van der Waals surface area contributed by atoms with Crippen molar-refractivity contribution >= 4 is 11.7 Å². The summed E-state index contributed by atoms with van der Waals surface area (Å²) in [7, 11) is 3.21. The van der Waals surface area contributed by atoms with Gasteiger partial charge in [-0.2, -0.15) is 0 Å². The fourth-order valence-corrected chi connectivity index (χ4v) is 1.54. The first kappa shape index (κ1) is 13.3. The highest BCUT2D eigenvalue weighted by atomic mass is 16.5. The van der Waals surface area contributed by atoms with E-state index in [4.69, 9.17) is 10.6 Å². The van der Waals surface area contributed by atoms with Crippen molar-refractivity contribution in [2.24, 2.45) is 5.84 Å². The van der Waals surface area contributed by atoms with Crippen molar-refractivity contribution in [1.82, 2.24) is 5.43 Å². The average molecular weight is 237 g/mol. The van der Waals surface area contributed by atoms with Gasteiger partial charge in [0, 0.05) is 7.05 Å². The second-order valence-electron chi connectivity index (χ2n) is 4.09. The number of hydrazine groups is 1. The summed E-state index contributed by atoms with van der Waals surface area (Å²) in [5, 5.41) is 0. The zero-order valence-electron chi connectivity index (χ0n) is 10.7. The molecule has 0 aliphatic rings. The SMILES string of the molecule is COc1cc(C(C)C)ccc1N(C)C(=O)NN. The molecule has 0 heterocycles. The monoisotopic (exact) mass is 237 g/mol. The predicted octanol–water partition coefficient (Wildman–Crippen LogP) is 1.84. The van der Waals surface area contributed by atoms with Gasteiger partial charge in [-0.1, -0.05) is 19.9 Å². The first-order valence-electron chi connectivity index (χ1n) is 5.43. The van der Waals surface area contributed by atoms with Gasteiger partial charge >= 0.3 is 6.03 Å². The molecule has 0 saturated heterocycles. The summed E-state index contributed by atoms with van der Waals surface area (Å²) >= 11 is 0. The standard InChI is InChI=1S/C12H19N3O2/c1-8(2)9-5-6-10(11(7-9)17-4)15(3)12(16)14-13/h5-8H,13H2,1-4H3,(H,14,16). The summed E-state index contributed by atoms with van der Waals surface area (Å²) in [6.45, 7) is 4.20. The van der Waals surface area contributed by atoms with Crippen molar-refractivity contribution in [1.29, 1.82) is 0 Å². The number of methoxy groups -OCH3 is 1. The molecule has 0 saturated carbocycles. The highest BCUT2D eigenvalue weighted by Crippen LogP contribution is 2.31. The van der Waals surface area contributed by atoms with Gasteiger partial charge in [-0.25, -0.2) is 10.6 Å². The lowest BCUT2D eigenvalue weighted by atomic mass is 10.0. The Kier molecular flexibility index (Phi) is 4.34. The average Bonchev–Trinajstić information content (AvgIpc) is 2.35. The number of urea groups is 1. The number of rotatable bonds is 3. The topological polar surface area (TPSA) is 67.6 Å². The summed E-state index contributed by atoms with van der Waals surface area (Å²) in [6.07, 6.45) is 0. The van der Waals surface area contributed by atoms with E-state index < -0.39 is 0 Å². The summed E-state index contributed by atoms with van der Waals surface area (Å²) in [5.74, 6) is 6.16. The number of nitrogens with zero attached hydrogens (tertiary/aromatic N) is 1. The highest BCUT2D eigenvalue weighted by Gasteiger charge is 2.15. The fraction of sp³-hybridized carbons (Fsp3) is 0.417. The summed E-state index contributed by atoms with van der Waals surface area (Å²) in [4.78, 5) is 12.8. The Morgan fingerprint density at radius 2 is 2.12 bits per heavy atom. The van der Waals surface area contributed by atoms with Gasteiger partial charge in [0.25, 0.3) is 0 Å². The van der Waals surface area contributed by atoms with Crippen LogP contribution < -0.4 is 20.9 Å². The first-order valence-corrected chi connectivity index (χ1v) is 5.43. The number of hydrogen-bond donors (Lipinski definition) is 2. The van der Waals surface area contributed by atoms with Crippen LogP contribution >= 0.6 is 0 Å². The summed E-state index contributed by atoms with van der Waals surface area (Å²) < 4.78 is 5.29. The molecule has 2 amide bonds. The van der Waals surface area contributed by atoms with Crippen LogP contribution in [0.3, 0.4) is 0 Å². The molecule has 0 radical (unpaired) electrons. The number of ether oxygens (including phenoxy) is 1. The van der Waals surface area contributed by atoms with Gasteiger partial charge in [0.1, 0.15) is 5.75 Å². The Bertz CT molecular complexity index is 405. The number of nitrogens with two attached hydrogens (primary N) is 1. The first-order chi connectivity index (χ1) is 8.01.